The minimum atomic E-state index is -0.515. The first-order chi connectivity index (χ1) is 14.5. The van der Waals surface area contributed by atoms with Gasteiger partial charge in [0.2, 0.25) is 5.91 Å². The maximum atomic E-state index is 12.3. The Hall–Kier alpha value is -3.75. The van der Waals surface area contributed by atoms with Gasteiger partial charge in [-0.05, 0) is 31.5 Å². The topological polar surface area (TPSA) is 130 Å². The lowest BCUT2D eigenvalue weighted by Crippen LogP contribution is -2.29. The van der Waals surface area contributed by atoms with Gasteiger partial charge in [0, 0.05) is 42.2 Å². The molecule has 1 aromatic heterocycles. The maximum Gasteiger partial charge on any atom is 0.238 e. The number of nitriles is 2. The van der Waals surface area contributed by atoms with E-state index in [1.165, 1.54) is 0 Å². The molecule has 1 aliphatic rings. The zero-order valence-corrected chi connectivity index (χ0v) is 16.9. The summed E-state index contributed by atoms with van der Waals surface area (Å²) in [5, 5.41) is 25.2. The van der Waals surface area contributed by atoms with Crippen molar-refractivity contribution in [2.75, 3.05) is 18.4 Å². The zero-order chi connectivity index (χ0) is 21.5. The number of amides is 1. The average Bonchev–Trinajstić information content (AvgIpc) is 3.24. The van der Waals surface area contributed by atoms with Crippen LogP contribution < -0.4 is 10.6 Å². The van der Waals surface area contributed by atoms with Crippen LogP contribution in [0.4, 0.5) is 5.69 Å². The fourth-order valence-corrected chi connectivity index (χ4v) is 3.57. The lowest BCUT2D eigenvalue weighted by Gasteiger charge is -2.27. The number of aromatic nitrogens is 2. The summed E-state index contributed by atoms with van der Waals surface area (Å²) >= 11 is 0. The number of carbonyl (C=O) groups is 1. The summed E-state index contributed by atoms with van der Waals surface area (Å²) in [4.78, 5) is 23.6. The molecule has 2 atom stereocenters. The van der Waals surface area contributed by atoms with Crippen LogP contribution in [0.15, 0.2) is 53.1 Å². The monoisotopic (exact) mass is 401 g/mol. The quantitative estimate of drug-likeness (QED) is 0.614. The lowest BCUT2D eigenvalue weighted by molar-refractivity contribution is -0.115. The number of carbonyl (C=O) groups excluding carboxylic acids is 1. The van der Waals surface area contributed by atoms with E-state index in [0.29, 0.717) is 29.2 Å². The molecular formula is C22H23N7O. The number of aliphatic imine (C=N–C) groups is 1. The van der Waals surface area contributed by atoms with E-state index in [9.17, 15) is 15.3 Å². The first kappa shape index (κ1) is 21.0. The van der Waals surface area contributed by atoms with Crippen molar-refractivity contribution in [1.82, 2.24) is 15.3 Å². The SMILES string of the molecule is CC1=NC(C)=C(C#N)C(c2cccc(NC(=O)CNCCc3cnc[nH]3)c2)C1C#N. The summed E-state index contributed by atoms with van der Waals surface area (Å²) in [7, 11) is 0. The Labute approximate surface area is 175 Å². The molecule has 1 aromatic carbocycles. The van der Waals surface area contributed by atoms with E-state index in [1.807, 2.05) is 18.2 Å². The van der Waals surface area contributed by atoms with E-state index in [2.05, 4.69) is 37.7 Å². The van der Waals surface area contributed by atoms with E-state index in [-0.39, 0.29) is 12.5 Å². The van der Waals surface area contributed by atoms with Crippen LogP contribution in [0.3, 0.4) is 0 Å². The Balaban J connectivity index is 1.66. The van der Waals surface area contributed by atoms with E-state index in [1.54, 1.807) is 32.4 Å². The number of rotatable bonds is 7. The largest absolute Gasteiger partial charge is 0.348 e. The normalized spacial score (nSPS) is 18.3. The van der Waals surface area contributed by atoms with Gasteiger partial charge in [-0.1, -0.05) is 12.1 Å². The van der Waals surface area contributed by atoms with E-state index in [4.69, 9.17) is 0 Å². The second-order valence-electron chi connectivity index (χ2n) is 7.13. The predicted octanol–water partition coefficient (Wildman–Crippen LogP) is 2.68. The number of nitrogens with zero attached hydrogens (tertiary/aromatic N) is 4. The van der Waals surface area contributed by atoms with Crippen molar-refractivity contribution >= 4 is 17.3 Å². The van der Waals surface area contributed by atoms with E-state index < -0.39 is 11.8 Å². The van der Waals surface area contributed by atoms with Gasteiger partial charge in [-0.15, -0.1) is 0 Å². The number of anilines is 1. The molecule has 0 saturated carbocycles. The molecule has 8 heteroatoms. The summed E-state index contributed by atoms with van der Waals surface area (Å²) in [5.74, 6) is -1.08. The number of hydrogen-bond donors (Lipinski definition) is 3. The highest BCUT2D eigenvalue weighted by Crippen LogP contribution is 2.38. The van der Waals surface area contributed by atoms with Crippen LogP contribution >= 0.6 is 0 Å². The highest BCUT2D eigenvalue weighted by atomic mass is 16.1. The second kappa shape index (κ2) is 9.64. The highest BCUT2D eigenvalue weighted by molar-refractivity contribution is 5.93. The van der Waals surface area contributed by atoms with Gasteiger partial charge in [0.1, 0.15) is 0 Å². The molecule has 30 heavy (non-hydrogen) atoms. The van der Waals surface area contributed by atoms with Gasteiger partial charge >= 0.3 is 0 Å². The maximum absolute atomic E-state index is 12.3. The number of nitrogens with one attached hydrogen (secondary N) is 3. The van der Waals surface area contributed by atoms with Crippen molar-refractivity contribution in [1.29, 1.82) is 10.5 Å². The first-order valence-corrected chi connectivity index (χ1v) is 9.67. The van der Waals surface area contributed by atoms with Gasteiger partial charge in [0.25, 0.3) is 0 Å². The zero-order valence-electron chi connectivity index (χ0n) is 16.9. The summed E-state index contributed by atoms with van der Waals surface area (Å²) in [6.45, 7) is 4.41. The number of hydrogen-bond acceptors (Lipinski definition) is 6. The molecule has 3 rings (SSSR count). The molecule has 0 saturated heterocycles. The summed E-state index contributed by atoms with van der Waals surface area (Å²) < 4.78 is 0. The highest BCUT2D eigenvalue weighted by Gasteiger charge is 2.33. The lowest BCUT2D eigenvalue weighted by atomic mass is 9.77. The molecule has 0 radical (unpaired) electrons. The van der Waals surface area contributed by atoms with Gasteiger partial charge in [-0.2, -0.15) is 10.5 Å². The van der Waals surface area contributed by atoms with E-state index >= 15 is 0 Å². The minimum Gasteiger partial charge on any atom is -0.348 e. The molecule has 0 spiro atoms. The van der Waals surface area contributed by atoms with Crippen molar-refractivity contribution in [3.05, 3.63) is 59.3 Å². The molecule has 0 fully saturated rings. The molecule has 1 amide bonds. The Morgan fingerprint density at radius 2 is 2.13 bits per heavy atom. The molecule has 3 N–H and O–H groups in total. The number of imidazole rings is 1. The molecule has 8 nitrogen and oxygen atoms in total. The Kier molecular flexibility index (Phi) is 6.74. The molecule has 0 bridgehead atoms. The third-order valence-corrected chi connectivity index (χ3v) is 5.03. The third-order valence-electron chi connectivity index (χ3n) is 5.03. The number of allylic oxidation sites excluding steroid dienone is 2. The van der Waals surface area contributed by atoms with Gasteiger partial charge in [0.05, 0.1) is 42.2 Å². The molecule has 2 unspecified atom stereocenters. The standard InChI is InChI=1S/C22H23N7O/c1-14-19(9-23)22(20(10-24)15(2)28-14)16-4-3-5-17(8-16)29-21(30)12-25-7-6-18-11-26-13-27-18/h3-5,8,11,13,19,22,25H,6-7,12H2,1-2H3,(H,26,27)(H,29,30). The van der Waals surface area contributed by atoms with Crippen molar-refractivity contribution < 1.29 is 4.79 Å². The predicted molar refractivity (Wildman–Crippen MR) is 113 cm³/mol. The molecule has 2 aromatic rings. The van der Waals surface area contributed by atoms with Crippen LogP contribution in [-0.4, -0.2) is 34.7 Å². The fourth-order valence-electron chi connectivity index (χ4n) is 3.57. The second-order valence-corrected chi connectivity index (χ2v) is 7.13. The van der Waals surface area contributed by atoms with Crippen LogP contribution in [-0.2, 0) is 11.2 Å². The summed E-state index contributed by atoms with van der Waals surface area (Å²) in [6.07, 6.45) is 4.13. The summed E-state index contributed by atoms with van der Waals surface area (Å²) in [5.41, 5.74) is 4.23. The van der Waals surface area contributed by atoms with Crippen molar-refractivity contribution in [2.45, 2.75) is 26.2 Å². The first-order valence-electron chi connectivity index (χ1n) is 9.67. The van der Waals surface area contributed by atoms with E-state index in [0.717, 1.165) is 17.7 Å². The Bertz CT molecular complexity index is 1050. The Morgan fingerprint density at radius 3 is 2.83 bits per heavy atom. The third kappa shape index (κ3) is 4.80. The summed E-state index contributed by atoms with van der Waals surface area (Å²) in [6, 6.07) is 11.8. The molecule has 152 valence electrons. The van der Waals surface area contributed by atoms with Crippen molar-refractivity contribution in [3.63, 3.8) is 0 Å². The van der Waals surface area contributed by atoms with Crippen molar-refractivity contribution in [3.8, 4) is 12.1 Å². The van der Waals surface area contributed by atoms with Gasteiger partial charge in [-0.3, -0.25) is 9.79 Å². The Morgan fingerprint density at radius 1 is 1.30 bits per heavy atom. The molecule has 1 aliphatic heterocycles. The minimum absolute atomic E-state index is 0.165. The van der Waals surface area contributed by atoms with Crippen molar-refractivity contribution in [2.24, 2.45) is 10.9 Å². The smallest absolute Gasteiger partial charge is 0.238 e. The van der Waals surface area contributed by atoms with Gasteiger partial charge in [-0.25, -0.2) is 4.98 Å². The van der Waals surface area contributed by atoms with Crippen LogP contribution in [0, 0.1) is 28.6 Å². The van der Waals surface area contributed by atoms with Gasteiger partial charge in [0.15, 0.2) is 0 Å². The molecule has 0 aliphatic carbocycles. The van der Waals surface area contributed by atoms with Crippen LogP contribution in [0.2, 0.25) is 0 Å². The van der Waals surface area contributed by atoms with Crippen LogP contribution in [0.5, 0.6) is 0 Å². The van der Waals surface area contributed by atoms with Crippen LogP contribution in [0.25, 0.3) is 0 Å². The molecule has 2 heterocycles. The number of aromatic amines is 1. The fraction of sp³-hybridized carbons (Fsp3) is 0.318. The number of benzene rings is 1. The van der Waals surface area contributed by atoms with Gasteiger partial charge < -0.3 is 15.6 Å². The molecular weight excluding hydrogens is 378 g/mol. The number of H-pyrrole nitrogens is 1. The van der Waals surface area contributed by atoms with Crippen LogP contribution in [0.1, 0.15) is 31.0 Å². The average molecular weight is 401 g/mol.